The standard InChI is InChI=1S/C57H35N5O/c1-4-16-37(17-5-1)55-58-56(38-18-6-2-7-19-38)60-57(59-55)39-30-28-36(29-31-39)45-35-47-43-23-12-15-27-51(43)63-54(47)52-44-24-11-14-26-49(44)62(53(45)52)41-32-33-50-46(34-41)42-22-10-13-25-48(42)61(50)40-20-8-3-9-21-40/h1-35H. The average molecular weight is 806 g/mol. The highest BCUT2D eigenvalue weighted by Gasteiger charge is 2.24. The monoisotopic (exact) mass is 805 g/mol. The molecule has 0 atom stereocenters. The minimum atomic E-state index is 0.618. The van der Waals surface area contributed by atoms with Gasteiger partial charge >= 0.3 is 0 Å². The van der Waals surface area contributed by atoms with Gasteiger partial charge in [-0.25, -0.2) is 15.0 Å². The molecule has 4 heterocycles. The van der Waals surface area contributed by atoms with E-state index in [0.29, 0.717) is 17.5 Å². The Morgan fingerprint density at radius 3 is 1.51 bits per heavy atom. The maximum Gasteiger partial charge on any atom is 0.164 e. The van der Waals surface area contributed by atoms with Crippen molar-refractivity contribution >= 4 is 65.6 Å². The molecule has 294 valence electrons. The Morgan fingerprint density at radius 2 is 0.841 bits per heavy atom. The lowest BCUT2D eigenvalue weighted by Gasteiger charge is -2.14. The SMILES string of the molecule is c1ccc(-c2nc(-c3ccccc3)nc(-c3ccc(-c4cc5c6ccccc6oc5c5c6ccccc6n(-c6ccc7c(c6)c6ccccc6n7-c6ccccc6)c45)cc3)n2)cc1. The molecule has 0 radical (unpaired) electrons. The van der Waals surface area contributed by atoms with Crippen molar-refractivity contribution in [1.29, 1.82) is 0 Å². The van der Waals surface area contributed by atoms with Gasteiger partial charge in [0.05, 0.1) is 27.5 Å². The largest absolute Gasteiger partial charge is 0.455 e. The van der Waals surface area contributed by atoms with Gasteiger partial charge < -0.3 is 13.6 Å². The lowest BCUT2D eigenvalue weighted by atomic mass is 9.97. The molecule has 0 bridgehead atoms. The van der Waals surface area contributed by atoms with Gasteiger partial charge in [0.15, 0.2) is 17.5 Å². The van der Waals surface area contributed by atoms with Crippen LogP contribution in [-0.4, -0.2) is 24.1 Å². The fraction of sp³-hybridized carbons (Fsp3) is 0. The second-order valence-corrected chi connectivity index (χ2v) is 16.0. The number of aromatic nitrogens is 5. The van der Waals surface area contributed by atoms with Crippen LogP contribution >= 0.6 is 0 Å². The molecule has 0 saturated carbocycles. The maximum atomic E-state index is 6.83. The third-order valence-electron chi connectivity index (χ3n) is 12.4. The molecule has 0 N–H and O–H groups in total. The van der Waals surface area contributed by atoms with E-state index in [9.17, 15) is 0 Å². The highest BCUT2D eigenvalue weighted by molar-refractivity contribution is 6.27. The fourth-order valence-corrected chi connectivity index (χ4v) is 9.51. The van der Waals surface area contributed by atoms with Crippen molar-refractivity contribution in [2.24, 2.45) is 0 Å². The predicted octanol–water partition coefficient (Wildman–Crippen LogP) is 14.6. The van der Waals surface area contributed by atoms with Crippen molar-refractivity contribution in [3.05, 3.63) is 212 Å². The van der Waals surface area contributed by atoms with Crippen LogP contribution in [0.2, 0.25) is 0 Å². The number of furan rings is 1. The summed E-state index contributed by atoms with van der Waals surface area (Å²) in [5.41, 5.74) is 13.4. The molecule has 0 aliphatic carbocycles. The summed E-state index contributed by atoms with van der Waals surface area (Å²) in [5.74, 6) is 1.89. The van der Waals surface area contributed by atoms with Gasteiger partial charge in [0, 0.05) is 60.6 Å². The van der Waals surface area contributed by atoms with Crippen LogP contribution < -0.4 is 0 Å². The minimum Gasteiger partial charge on any atom is -0.455 e. The number of para-hydroxylation sites is 4. The molecule has 4 aromatic heterocycles. The summed E-state index contributed by atoms with van der Waals surface area (Å²) in [4.78, 5) is 15.0. The van der Waals surface area contributed by atoms with Crippen LogP contribution in [0.1, 0.15) is 0 Å². The van der Waals surface area contributed by atoms with E-state index < -0.39 is 0 Å². The smallest absolute Gasteiger partial charge is 0.164 e. The van der Waals surface area contributed by atoms with E-state index in [1.807, 2.05) is 66.7 Å². The number of nitrogens with zero attached hydrogens (tertiary/aromatic N) is 5. The van der Waals surface area contributed by atoms with Gasteiger partial charge in [0.2, 0.25) is 0 Å². The van der Waals surface area contributed by atoms with Crippen LogP contribution in [0.25, 0.3) is 122 Å². The highest BCUT2D eigenvalue weighted by atomic mass is 16.3. The molecule has 6 heteroatoms. The Labute approximate surface area is 361 Å². The number of hydrogen-bond donors (Lipinski definition) is 0. The zero-order valence-electron chi connectivity index (χ0n) is 33.9. The molecule has 0 saturated heterocycles. The first-order valence-corrected chi connectivity index (χ1v) is 21.2. The Morgan fingerprint density at radius 1 is 0.333 bits per heavy atom. The van der Waals surface area contributed by atoms with Gasteiger partial charge in [-0.2, -0.15) is 0 Å². The van der Waals surface area contributed by atoms with Crippen LogP contribution in [0.4, 0.5) is 0 Å². The third kappa shape index (κ3) is 5.55. The molecule has 0 unspecified atom stereocenters. The van der Waals surface area contributed by atoms with Crippen molar-refractivity contribution in [2.45, 2.75) is 0 Å². The molecule has 0 spiro atoms. The summed E-state index contributed by atoms with van der Waals surface area (Å²) in [5, 5.41) is 6.79. The third-order valence-corrected chi connectivity index (χ3v) is 12.4. The van der Waals surface area contributed by atoms with E-state index in [-0.39, 0.29) is 0 Å². The van der Waals surface area contributed by atoms with E-state index in [0.717, 1.165) is 88.5 Å². The lowest BCUT2D eigenvalue weighted by Crippen LogP contribution is -2.00. The Bertz CT molecular complexity index is 3830. The quantitative estimate of drug-likeness (QED) is 0.168. The lowest BCUT2D eigenvalue weighted by molar-refractivity contribution is 0.673. The van der Waals surface area contributed by atoms with E-state index in [1.165, 1.54) is 16.3 Å². The first-order chi connectivity index (χ1) is 31.2. The van der Waals surface area contributed by atoms with Crippen molar-refractivity contribution in [2.75, 3.05) is 0 Å². The number of hydrogen-bond acceptors (Lipinski definition) is 4. The second-order valence-electron chi connectivity index (χ2n) is 16.0. The summed E-state index contributed by atoms with van der Waals surface area (Å²) in [6.45, 7) is 0. The second kappa shape index (κ2) is 14.0. The Kier molecular flexibility index (Phi) is 7.80. The van der Waals surface area contributed by atoms with Gasteiger partial charge in [-0.3, -0.25) is 0 Å². The average Bonchev–Trinajstić information content (AvgIpc) is 4.02. The van der Waals surface area contributed by atoms with Crippen LogP contribution in [0, 0.1) is 0 Å². The van der Waals surface area contributed by atoms with Crippen molar-refractivity contribution in [1.82, 2.24) is 24.1 Å². The number of fused-ring (bicyclic) bond motifs is 10. The summed E-state index contributed by atoms with van der Waals surface area (Å²) in [6, 6.07) is 74.4. The normalized spacial score (nSPS) is 11.8. The van der Waals surface area contributed by atoms with Gasteiger partial charge in [0.1, 0.15) is 11.2 Å². The predicted molar refractivity (Wildman–Crippen MR) is 258 cm³/mol. The maximum absolute atomic E-state index is 6.83. The van der Waals surface area contributed by atoms with E-state index in [1.54, 1.807) is 0 Å². The summed E-state index contributed by atoms with van der Waals surface area (Å²) in [7, 11) is 0. The van der Waals surface area contributed by atoms with Gasteiger partial charge in [-0.15, -0.1) is 0 Å². The fourth-order valence-electron chi connectivity index (χ4n) is 9.51. The molecule has 6 nitrogen and oxygen atoms in total. The molecule has 63 heavy (non-hydrogen) atoms. The van der Waals surface area contributed by atoms with Crippen molar-refractivity contribution in [3.63, 3.8) is 0 Å². The summed E-state index contributed by atoms with van der Waals surface area (Å²) >= 11 is 0. The molecule has 0 amide bonds. The van der Waals surface area contributed by atoms with Crippen LogP contribution in [0.3, 0.4) is 0 Å². The van der Waals surface area contributed by atoms with Crippen molar-refractivity contribution < 1.29 is 4.42 Å². The number of rotatable bonds is 6. The molecular weight excluding hydrogens is 771 g/mol. The first kappa shape index (κ1) is 35.2. The Hall–Kier alpha value is -8.61. The summed E-state index contributed by atoms with van der Waals surface area (Å²) in [6.07, 6.45) is 0. The molecule has 0 aliphatic rings. The molecule has 0 fully saturated rings. The van der Waals surface area contributed by atoms with E-state index in [2.05, 4.69) is 155 Å². The van der Waals surface area contributed by atoms with E-state index >= 15 is 0 Å². The van der Waals surface area contributed by atoms with Crippen molar-refractivity contribution in [3.8, 4) is 56.7 Å². The van der Waals surface area contributed by atoms with Crippen LogP contribution in [0.5, 0.6) is 0 Å². The van der Waals surface area contributed by atoms with Crippen LogP contribution in [0.15, 0.2) is 217 Å². The molecule has 0 aliphatic heterocycles. The highest BCUT2D eigenvalue weighted by Crippen LogP contribution is 2.46. The Balaban J connectivity index is 1.06. The first-order valence-electron chi connectivity index (χ1n) is 21.2. The summed E-state index contributed by atoms with van der Waals surface area (Å²) < 4.78 is 11.6. The van der Waals surface area contributed by atoms with Gasteiger partial charge in [-0.05, 0) is 60.2 Å². The number of benzene rings is 9. The molecular formula is C57H35N5O. The van der Waals surface area contributed by atoms with Crippen LogP contribution in [-0.2, 0) is 0 Å². The molecule has 9 aromatic carbocycles. The van der Waals surface area contributed by atoms with Gasteiger partial charge in [-0.1, -0.05) is 158 Å². The zero-order valence-corrected chi connectivity index (χ0v) is 33.9. The minimum absolute atomic E-state index is 0.618. The molecule has 13 aromatic rings. The topological polar surface area (TPSA) is 61.7 Å². The molecule has 13 rings (SSSR count). The van der Waals surface area contributed by atoms with Gasteiger partial charge in [0.25, 0.3) is 0 Å². The zero-order chi connectivity index (χ0) is 41.4. The van der Waals surface area contributed by atoms with E-state index in [4.69, 9.17) is 19.4 Å².